The Bertz CT molecular complexity index is 493. The zero-order valence-corrected chi connectivity index (χ0v) is 19.0. The molecule has 5 N–H and O–H groups in total. The molecule has 2 amide bonds. The van der Waals surface area contributed by atoms with Crippen LogP contribution in [0.3, 0.4) is 0 Å². The molecule has 0 aromatic heterocycles. The maximum Gasteiger partial charge on any atom is 0.236 e. The van der Waals surface area contributed by atoms with E-state index in [1.54, 1.807) is 0 Å². The first kappa shape index (κ1) is 26.8. The maximum absolute atomic E-state index is 12.2. The minimum Gasteiger partial charge on any atom is -0.375 e. The van der Waals surface area contributed by atoms with Gasteiger partial charge in [0.1, 0.15) is 0 Å². The molecule has 0 saturated carbocycles. The van der Waals surface area contributed by atoms with Crippen molar-refractivity contribution in [1.82, 2.24) is 16.2 Å². The number of carbonyl (C=O) groups excluding carboxylic acids is 2. The third kappa shape index (κ3) is 13.9. The Hall–Kier alpha value is -1.22. The molecule has 8 heteroatoms. The van der Waals surface area contributed by atoms with Crippen molar-refractivity contribution in [3.63, 3.8) is 0 Å². The topological polar surface area (TPSA) is 115 Å². The third-order valence-electron chi connectivity index (χ3n) is 4.58. The number of hydrogen-bond donors (Lipinski definition) is 4. The van der Waals surface area contributed by atoms with Gasteiger partial charge in [-0.05, 0) is 68.4 Å². The van der Waals surface area contributed by atoms with Gasteiger partial charge < -0.3 is 20.5 Å². The summed E-state index contributed by atoms with van der Waals surface area (Å²) in [7, 11) is 1.93. The van der Waals surface area contributed by atoms with Gasteiger partial charge in [-0.25, -0.2) is 5.43 Å². The average Bonchev–Trinajstić information content (AvgIpc) is 2.50. The molecule has 0 aliphatic rings. The highest BCUT2D eigenvalue weighted by Gasteiger charge is 2.25. The highest BCUT2D eigenvalue weighted by Crippen LogP contribution is 2.17. The van der Waals surface area contributed by atoms with Crippen LogP contribution in [0, 0.1) is 0 Å². The number of primary amides is 1. The van der Waals surface area contributed by atoms with Gasteiger partial charge in [-0.15, -0.1) is 0 Å². The number of carbonyl (C=O) groups is 2. The maximum atomic E-state index is 12.2. The molecule has 8 nitrogen and oxygen atoms in total. The average molecular weight is 403 g/mol. The Labute approximate surface area is 170 Å². The lowest BCUT2D eigenvalue weighted by Crippen LogP contribution is -2.46. The van der Waals surface area contributed by atoms with Gasteiger partial charge in [-0.3, -0.25) is 15.0 Å². The van der Waals surface area contributed by atoms with Gasteiger partial charge >= 0.3 is 0 Å². The molecule has 0 bridgehead atoms. The van der Waals surface area contributed by atoms with Gasteiger partial charge in [0.25, 0.3) is 0 Å². The van der Waals surface area contributed by atoms with E-state index >= 15 is 0 Å². The lowest BCUT2D eigenvalue weighted by molar-refractivity contribution is -0.129. The van der Waals surface area contributed by atoms with Crippen molar-refractivity contribution in [3.05, 3.63) is 0 Å². The van der Waals surface area contributed by atoms with Crippen LogP contribution in [0.25, 0.3) is 0 Å². The summed E-state index contributed by atoms with van der Waals surface area (Å²) in [6.07, 6.45) is 1.97. The van der Waals surface area contributed by atoms with Crippen LogP contribution in [0.15, 0.2) is 0 Å². The van der Waals surface area contributed by atoms with Crippen LogP contribution in [0.1, 0.15) is 74.1 Å². The van der Waals surface area contributed by atoms with Gasteiger partial charge in [0.15, 0.2) is 0 Å². The normalized spacial score (nSPS) is 14.0. The summed E-state index contributed by atoms with van der Waals surface area (Å²) in [6, 6.07) is 0.0220. The number of hydrogen-bond acceptors (Lipinski definition) is 6. The second-order valence-electron chi connectivity index (χ2n) is 9.30. The molecule has 0 aromatic rings. The van der Waals surface area contributed by atoms with E-state index in [0.29, 0.717) is 19.6 Å². The molecule has 0 heterocycles. The summed E-state index contributed by atoms with van der Waals surface area (Å²) >= 11 is 0. The van der Waals surface area contributed by atoms with E-state index in [-0.39, 0.29) is 36.2 Å². The Balaban J connectivity index is 4.10. The van der Waals surface area contributed by atoms with Crippen molar-refractivity contribution in [2.24, 2.45) is 5.73 Å². The zero-order valence-electron chi connectivity index (χ0n) is 19.0. The largest absolute Gasteiger partial charge is 0.375 e. The fraction of sp³-hybridized carbons (Fsp3) is 0.900. The van der Waals surface area contributed by atoms with E-state index in [0.717, 1.165) is 6.42 Å². The van der Waals surface area contributed by atoms with E-state index in [1.807, 2.05) is 41.7 Å². The van der Waals surface area contributed by atoms with Gasteiger partial charge in [0.05, 0.1) is 24.0 Å². The summed E-state index contributed by atoms with van der Waals surface area (Å²) in [5, 5.41) is 3.23. The molecular formula is C20H42N4O4. The molecule has 0 spiro atoms. The first-order valence-electron chi connectivity index (χ1n) is 9.97. The first-order chi connectivity index (χ1) is 12.7. The highest BCUT2D eigenvalue weighted by atomic mass is 16.5. The van der Waals surface area contributed by atoms with Crippen molar-refractivity contribution in [3.8, 4) is 0 Å². The van der Waals surface area contributed by atoms with Crippen molar-refractivity contribution in [2.75, 3.05) is 20.3 Å². The van der Waals surface area contributed by atoms with Gasteiger partial charge in [0, 0.05) is 24.8 Å². The summed E-state index contributed by atoms with van der Waals surface area (Å²) in [5.74, 6) is -0.512. The van der Waals surface area contributed by atoms with Crippen LogP contribution >= 0.6 is 0 Å². The van der Waals surface area contributed by atoms with Crippen molar-refractivity contribution in [1.29, 1.82) is 0 Å². The minimum atomic E-state index is -0.585. The minimum absolute atomic E-state index is 0.00338. The van der Waals surface area contributed by atoms with Crippen LogP contribution in [-0.4, -0.2) is 54.9 Å². The standard InChI is InChI=1S/C20H42N4O4/c1-15(9-11-27-19(4,5)13-16(21)25)23-24-17(26)14-20(6,7)28-12-10-18(2,3)22-8/h15,22-23H,9-14H2,1-8H3,(H2,21,25)(H,24,26). The number of hydrazine groups is 1. The lowest BCUT2D eigenvalue weighted by atomic mass is 10.0. The van der Waals surface area contributed by atoms with Gasteiger partial charge in [0.2, 0.25) is 11.8 Å². The van der Waals surface area contributed by atoms with Crippen LogP contribution in [0.2, 0.25) is 0 Å². The van der Waals surface area contributed by atoms with Crippen molar-refractivity contribution >= 4 is 11.8 Å². The molecule has 1 atom stereocenters. The predicted molar refractivity (Wildman–Crippen MR) is 112 cm³/mol. The third-order valence-corrected chi connectivity index (χ3v) is 4.58. The second-order valence-corrected chi connectivity index (χ2v) is 9.30. The smallest absolute Gasteiger partial charge is 0.236 e. The molecule has 0 rings (SSSR count). The molecule has 1 unspecified atom stereocenters. The molecule has 0 radical (unpaired) electrons. The molecule has 28 heavy (non-hydrogen) atoms. The number of rotatable bonds is 15. The Morgan fingerprint density at radius 1 is 0.964 bits per heavy atom. The van der Waals surface area contributed by atoms with Crippen LogP contribution in [0.5, 0.6) is 0 Å². The van der Waals surface area contributed by atoms with Crippen molar-refractivity contribution < 1.29 is 19.1 Å². The summed E-state index contributed by atoms with van der Waals surface area (Å²) in [5.41, 5.74) is 9.80. The SMILES string of the molecule is CNC(C)(C)CCOC(C)(C)CC(=O)NNC(C)CCOC(C)(C)CC(N)=O. The highest BCUT2D eigenvalue weighted by molar-refractivity contribution is 5.76. The predicted octanol–water partition coefficient (Wildman–Crippen LogP) is 1.63. The fourth-order valence-electron chi connectivity index (χ4n) is 2.45. The van der Waals surface area contributed by atoms with E-state index < -0.39 is 11.2 Å². The van der Waals surface area contributed by atoms with E-state index in [2.05, 4.69) is 30.0 Å². The molecule has 0 aromatic carbocycles. The van der Waals surface area contributed by atoms with Gasteiger partial charge in [-0.2, -0.15) is 0 Å². The second kappa shape index (κ2) is 11.7. The Kier molecular flexibility index (Phi) is 11.2. The lowest BCUT2D eigenvalue weighted by Gasteiger charge is -2.29. The Morgan fingerprint density at radius 3 is 2.04 bits per heavy atom. The fourth-order valence-corrected chi connectivity index (χ4v) is 2.45. The van der Waals surface area contributed by atoms with Crippen LogP contribution in [-0.2, 0) is 19.1 Å². The summed E-state index contributed by atoms with van der Waals surface area (Å²) < 4.78 is 11.6. The van der Waals surface area contributed by atoms with Crippen LogP contribution in [0.4, 0.5) is 0 Å². The molecule has 0 aliphatic heterocycles. The van der Waals surface area contributed by atoms with E-state index in [4.69, 9.17) is 15.2 Å². The van der Waals surface area contributed by atoms with Crippen LogP contribution < -0.4 is 21.9 Å². The monoisotopic (exact) mass is 402 g/mol. The molecule has 166 valence electrons. The van der Waals surface area contributed by atoms with Gasteiger partial charge in [-0.1, -0.05) is 0 Å². The van der Waals surface area contributed by atoms with E-state index in [9.17, 15) is 9.59 Å². The first-order valence-corrected chi connectivity index (χ1v) is 9.97. The zero-order chi connectivity index (χ0) is 22.0. The summed E-state index contributed by atoms with van der Waals surface area (Å²) in [4.78, 5) is 23.2. The quantitative estimate of drug-likeness (QED) is 0.310. The van der Waals surface area contributed by atoms with Crippen molar-refractivity contribution in [2.45, 2.75) is 96.9 Å². The molecule has 0 fully saturated rings. The molecule has 0 aliphatic carbocycles. The number of ether oxygens (including phenoxy) is 2. The number of nitrogens with one attached hydrogen (secondary N) is 3. The number of amides is 2. The number of nitrogens with two attached hydrogens (primary N) is 1. The molecule has 0 saturated heterocycles. The summed E-state index contributed by atoms with van der Waals surface area (Å²) in [6.45, 7) is 14.7. The van der Waals surface area contributed by atoms with E-state index in [1.165, 1.54) is 0 Å². The molecular weight excluding hydrogens is 360 g/mol. The Morgan fingerprint density at radius 2 is 1.50 bits per heavy atom.